The van der Waals surface area contributed by atoms with E-state index < -0.39 is 0 Å². The van der Waals surface area contributed by atoms with Crippen LogP contribution in [0.2, 0.25) is 0 Å². The Morgan fingerprint density at radius 1 is 0.818 bits per heavy atom. The molecule has 1 saturated heterocycles. The van der Waals surface area contributed by atoms with Crippen LogP contribution in [0.1, 0.15) is 5.82 Å². The van der Waals surface area contributed by atoms with Crippen molar-refractivity contribution in [1.29, 1.82) is 0 Å². The van der Waals surface area contributed by atoms with Crippen LogP contribution in [0.25, 0.3) is 32.5 Å². The van der Waals surface area contributed by atoms with Crippen molar-refractivity contribution in [3.63, 3.8) is 0 Å². The summed E-state index contributed by atoms with van der Waals surface area (Å²) in [4.78, 5) is 35.5. The number of fused-ring (bicyclic) bond motifs is 2. The zero-order chi connectivity index (χ0) is 22.2. The molecule has 1 fully saturated rings. The molecule has 0 saturated carbocycles. The molecule has 5 aromatic rings. The van der Waals surface area contributed by atoms with Gasteiger partial charge in [-0.3, -0.25) is 9.69 Å². The Labute approximate surface area is 194 Å². The van der Waals surface area contributed by atoms with Gasteiger partial charge >= 0.3 is 0 Å². The van der Waals surface area contributed by atoms with Gasteiger partial charge in [0.15, 0.2) is 5.82 Å². The average Bonchev–Trinajstić information content (AvgIpc) is 3.39. The average molecular weight is 455 g/mol. The number of H-pyrrole nitrogens is 1. The largest absolute Gasteiger partial charge is 0.353 e. The number of hydrogen-bond acceptors (Lipinski definition) is 7. The normalized spacial score (nSPS) is 14.8. The van der Waals surface area contributed by atoms with Crippen LogP contribution in [0.5, 0.6) is 0 Å². The summed E-state index contributed by atoms with van der Waals surface area (Å²) in [5, 5.41) is 3.76. The van der Waals surface area contributed by atoms with E-state index in [2.05, 4.69) is 43.3 Å². The number of anilines is 1. The van der Waals surface area contributed by atoms with E-state index in [9.17, 15) is 4.79 Å². The molecule has 8 heteroatoms. The number of nitrogens with one attached hydrogen (secondary N) is 1. The summed E-state index contributed by atoms with van der Waals surface area (Å²) in [6, 6.07) is 19.8. The number of aromatic amines is 1. The minimum atomic E-state index is -0.0807. The van der Waals surface area contributed by atoms with Crippen molar-refractivity contribution in [2.24, 2.45) is 0 Å². The Morgan fingerprint density at radius 2 is 1.55 bits per heavy atom. The van der Waals surface area contributed by atoms with Crippen LogP contribution in [0.15, 0.2) is 70.8 Å². The number of aromatic nitrogens is 4. The van der Waals surface area contributed by atoms with Gasteiger partial charge in [0.05, 0.1) is 27.8 Å². The topological polar surface area (TPSA) is 78.0 Å². The molecule has 2 aromatic carbocycles. The first-order valence-electron chi connectivity index (χ1n) is 11.0. The first-order valence-corrected chi connectivity index (χ1v) is 11.9. The molecule has 33 heavy (non-hydrogen) atoms. The van der Waals surface area contributed by atoms with E-state index in [1.54, 1.807) is 17.4 Å². The summed E-state index contributed by atoms with van der Waals surface area (Å²) >= 11 is 1.66. The number of piperazine rings is 1. The number of hydrogen-bond donors (Lipinski definition) is 1. The van der Waals surface area contributed by atoms with Crippen LogP contribution in [-0.2, 0) is 6.54 Å². The van der Waals surface area contributed by atoms with E-state index in [1.165, 1.54) is 0 Å². The van der Waals surface area contributed by atoms with Gasteiger partial charge in [0.2, 0.25) is 0 Å². The Balaban J connectivity index is 1.24. The van der Waals surface area contributed by atoms with E-state index in [0.717, 1.165) is 59.1 Å². The third kappa shape index (κ3) is 3.88. The molecule has 0 aliphatic carbocycles. The summed E-state index contributed by atoms with van der Waals surface area (Å²) in [5.41, 5.74) is 1.62. The van der Waals surface area contributed by atoms with Crippen LogP contribution in [-0.4, -0.2) is 51.0 Å². The molecule has 164 valence electrons. The van der Waals surface area contributed by atoms with Gasteiger partial charge < -0.3 is 9.88 Å². The molecule has 3 aromatic heterocycles. The zero-order valence-electron chi connectivity index (χ0n) is 17.9. The molecule has 6 rings (SSSR count). The highest BCUT2D eigenvalue weighted by molar-refractivity contribution is 7.13. The SMILES string of the molecule is O=c1[nH]c(CN2CCN(c3nc(-c4cccs4)nc4ccccc34)CC2)nc2ccccc12. The van der Waals surface area contributed by atoms with Crippen LogP contribution in [0.3, 0.4) is 0 Å². The first kappa shape index (κ1) is 20.0. The molecule has 7 nitrogen and oxygen atoms in total. The lowest BCUT2D eigenvalue weighted by Gasteiger charge is -2.35. The molecule has 1 aliphatic rings. The molecule has 0 radical (unpaired) electrons. The molecule has 0 amide bonds. The lowest BCUT2D eigenvalue weighted by atomic mass is 10.2. The Bertz CT molecular complexity index is 1490. The Kier molecular flexibility index (Phi) is 5.09. The number of nitrogens with zero attached hydrogens (tertiary/aromatic N) is 5. The van der Waals surface area contributed by atoms with Crippen LogP contribution < -0.4 is 10.5 Å². The molecule has 0 bridgehead atoms. The standard InChI is InChI=1S/C25H22N6OS/c32-25-18-7-2-4-9-20(18)26-22(28-25)16-30-11-13-31(14-12-30)24-17-6-1-3-8-19(17)27-23(29-24)21-10-5-15-33-21/h1-10,15H,11-14,16H2,(H,26,28,32). The van der Waals surface area contributed by atoms with E-state index in [-0.39, 0.29) is 5.56 Å². The van der Waals surface area contributed by atoms with Crippen molar-refractivity contribution in [1.82, 2.24) is 24.8 Å². The maximum atomic E-state index is 12.4. The second-order valence-corrected chi connectivity index (χ2v) is 9.11. The van der Waals surface area contributed by atoms with Gasteiger partial charge in [0, 0.05) is 31.6 Å². The van der Waals surface area contributed by atoms with Crippen LogP contribution in [0.4, 0.5) is 5.82 Å². The van der Waals surface area contributed by atoms with Gasteiger partial charge in [-0.05, 0) is 35.7 Å². The summed E-state index contributed by atoms with van der Waals surface area (Å²) in [6.45, 7) is 4.05. The second kappa shape index (κ2) is 8.38. The van der Waals surface area contributed by atoms with Gasteiger partial charge in [0.1, 0.15) is 11.6 Å². The molecule has 1 aliphatic heterocycles. The fourth-order valence-corrected chi connectivity index (χ4v) is 5.01. The van der Waals surface area contributed by atoms with Crippen molar-refractivity contribution in [2.45, 2.75) is 6.54 Å². The third-order valence-electron chi connectivity index (χ3n) is 6.03. The van der Waals surface area contributed by atoms with E-state index >= 15 is 0 Å². The molecule has 0 atom stereocenters. The predicted octanol–water partition coefficient (Wildman–Crippen LogP) is 3.92. The van der Waals surface area contributed by atoms with Crippen molar-refractivity contribution < 1.29 is 0 Å². The Morgan fingerprint density at radius 3 is 2.30 bits per heavy atom. The van der Waals surface area contributed by atoms with Gasteiger partial charge in [0.25, 0.3) is 5.56 Å². The van der Waals surface area contributed by atoms with Gasteiger partial charge in [-0.25, -0.2) is 15.0 Å². The summed E-state index contributed by atoms with van der Waals surface area (Å²) in [5.74, 6) is 2.47. The molecule has 4 heterocycles. The minimum Gasteiger partial charge on any atom is -0.353 e. The maximum absolute atomic E-state index is 12.4. The number of benzene rings is 2. The molecule has 0 unspecified atom stereocenters. The number of rotatable bonds is 4. The van der Waals surface area contributed by atoms with E-state index in [1.807, 2.05) is 36.4 Å². The van der Waals surface area contributed by atoms with E-state index in [0.29, 0.717) is 17.8 Å². The smallest absolute Gasteiger partial charge is 0.258 e. The highest BCUT2D eigenvalue weighted by Crippen LogP contribution is 2.30. The van der Waals surface area contributed by atoms with Gasteiger partial charge in [-0.2, -0.15) is 0 Å². The minimum absolute atomic E-state index is 0.0807. The van der Waals surface area contributed by atoms with Crippen molar-refractivity contribution in [3.8, 4) is 10.7 Å². The maximum Gasteiger partial charge on any atom is 0.258 e. The third-order valence-corrected chi connectivity index (χ3v) is 6.90. The van der Waals surface area contributed by atoms with Crippen molar-refractivity contribution in [3.05, 3.63) is 82.2 Å². The van der Waals surface area contributed by atoms with Gasteiger partial charge in [-0.15, -0.1) is 11.3 Å². The van der Waals surface area contributed by atoms with Crippen molar-refractivity contribution in [2.75, 3.05) is 31.1 Å². The quantitative estimate of drug-likeness (QED) is 0.444. The second-order valence-electron chi connectivity index (χ2n) is 8.16. The Hall–Kier alpha value is -3.62. The molecule has 1 N–H and O–H groups in total. The lowest BCUT2D eigenvalue weighted by Crippen LogP contribution is -2.46. The monoisotopic (exact) mass is 454 g/mol. The lowest BCUT2D eigenvalue weighted by molar-refractivity contribution is 0.244. The highest BCUT2D eigenvalue weighted by Gasteiger charge is 2.22. The molecular weight excluding hydrogens is 432 g/mol. The summed E-state index contributed by atoms with van der Waals surface area (Å²) in [6.07, 6.45) is 0. The summed E-state index contributed by atoms with van der Waals surface area (Å²) < 4.78 is 0. The first-order chi connectivity index (χ1) is 16.2. The zero-order valence-corrected chi connectivity index (χ0v) is 18.8. The highest BCUT2D eigenvalue weighted by atomic mass is 32.1. The molecular formula is C25H22N6OS. The summed E-state index contributed by atoms with van der Waals surface area (Å²) in [7, 11) is 0. The number of para-hydroxylation sites is 2. The van der Waals surface area contributed by atoms with Gasteiger partial charge in [-0.1, -0.05) is 30.3 Å². The van der Waals surface area contributed by atoms with Crippen LogP contribution >= 0.6 is 11.3 Å². The van der Waals surface area contributed by atoms with Crippen LogP contribution in [0, 0.1) is 0 Å². The van der Waals surface area contributed by atoms with E-state index in [4.69, 9.17) is 9.97 Å². The fourth-order valence-electron chi connectivity index (χ4n) is 4.36. The number of thiophene rings is 1. The fraction of sp³-hybridized carbons (Fsp3) is 0.200. The van der Waals surface area contributed by atoms with Crippen molar-refractivity contribution >= 4 is 39.0 Å². The predicted molar refractivity (Wildman–Crippen MR) is 133 cm³/mol. The molecule has 0 spiro atoms.